The number of hydrogen-bond donors (Lipinski definition) is 1. The second kappa shape index (κ2) is 7.81. The number of H-pyrrole nitrogens is 1. The fourth-order valence-electron chi connectivity index (χ4n) is 2.45. The number of ether oxygens (including phenoxy) is 1. The van der Waals surface area contributed by atoms with Gasteiger partial charge in [0.1, 0.15) is 10.9 Å². The highest BCUT2D eigenvalue weighted by atomic mass is 35.5. The Labute approximate surface area is 167 Å². The van der Waals surface area contributed by atoms with Crippen molar-refractivity contribution in [3.63, 3.8) is 0 Å². The van der Waals surface area contributed by atoms with Crippen molar-refractivity contribution in [2.24, 2.45) is 0 Å². The van der Waals surface area contributed by atoms with Crippen LogP contribution in [0, 0.1) is 11.3 Å². The van der Waals surface area contributed by atoms with Crippen molar-refractivity contribution in [1.29, 1.82) is 5.26 Å². The molecule has 148 valence electrons. The van der Waals surface area contributed by atoms with Crippen LogP contribution in [0.4, 0.5) is 8.78 Å². The fraction of sp³-hybridized carbons (Fsp3) is 0.167. The highest BCUT2D eigenvalue weighted by molar-refractivity contribution is 6.29. The summed E-state index contributed by atoms with van der Waals surface area (Å²) in [7, 11) is 0. The normalized spacial score (nSPS) is 11.1. The van der Waals surface area contributed by atoms with Gasteiger partial charge in [-0.05, 0) is 24.3 Å². The molecule has 2 heterocycles. The van der Waals surface area contributed by atoms with Crippen LogP contribution in [-0.2, 0) is 12.5 Å². The SMILES string of the molecule is CC(F)(F)c1ncn(Cc2cc(Cl)n[nH]c2=O)c(=O)c1Oc1cccc(C#N)c1. The standard InChI is InChI=1S/C18H12ClF2N5O3/c1-18(20,21)15-14(29-12-4-2-3-10(5-12)7-22)17(28)26(9-23-15)8-11-6-13(19)24-25-16(11)27/h2-6,9H,8H2,1H3,(H,25,27). The van der Waals surface area contributed by atoms with Gasteiger partial charge in [-0.1, -0.05) is 17.7 Å². The molecule has 3 rings (SSSR count). The first-order valence-corrected chi connectivity index (χ1v) is 8.46. The van der Waals surface area contributed by atoms with E-state index in [-0.39, 0.29) is 28.6 Å². The van der Waals surface area contributed by atoms with Gasteiger partial charge < -0.3 is 4.74 Å². The third-order valence-electron chi connectivity index (χ3n) is 3.79. The zero-order valence-electron chi connectivity index (χ0n) is 14.8. The van der Waals surface area contributed by atoms with Crippen molar-refractivity contribution in [3.05, 3.63) is 79.3 Å². The maximum absolute atomic E-state index is 14.0. The number of alkyl halides is 2. The molecule has 0 amide bonds. The van der Waals surface area contributed by atoms with Crippen LogP contribution >= 0.6 is 11.6 Å². The molecule has 1 aromatic carbocycles. The van der Waals surface area contributed by atoms with Crippen molar-refractivity contribution in [2.75, 3.05) is 0 Å². The van der Waals surface area contributed by atoms with Crippen LogP contribution in [0.3, 0.4) is 0 Å². The van der Waals surface area contributed by atoms with Crippen LogP contribution in [0.2, 0.25) is 5.15 Å². The molecule has 0 aliphatic heterocycles. The van der Waals surface area contributed by atoms with E-state index >= 15 is 0 Å². The van der Waals surface area contributed by atoms with Crippen molar-refractivity contribution < 1.29 is 13.5 Å². The van der Waals surface area contributed by atoms with Gasteiger partial charge in [-0.15, -0.1) is 0 Å². The van der Waals surface area contributed by atoms with Gasteiger partial charge in [-0.2, -0.15) is 19.1 Å². The summed E-state index contributed by atoms with van der Waals surface area (Å²) >= 11 is 5.74. The summed E-state index contributed by atoms with van der Waals surface area (Å²) in [5, 5.41) is 14.6. The summed E-state index contributed by atoms with van der Waals surface area (Å²) < 4.78 is 34.3. The van der Waals surface area contributed by atoms with Crippen LogP contribution in [0.5, 0.6) is 11.5 Å². The molecule has 0 fully saturated rings. The maximum Gasteiger partial charge on any atom is 0.297 e. The van der Waals surface area contributed by atoms with Crippen LogP contribution < -0.4 is 15.9 Å². The summed E-state index contributed by atoms with van der Waals surface area (Å²) in [4.78, 5) is 28.4. The van der Waals surface area contributed by atoms with E-state index in [1.165, 1.54) is 30.3 Å². The highest BCUT2D eigenvalue weighted by Gasteiger charge is 2.33. The Morgan fingerprint density at radius 2 is 2.10 bits per heavy atom. The lowest BCUT2D eigenvalue weighted by atomic mass is 10.2. The number of benzene rings is 1. The fourth-order valence-corrected chi connectivity index (χ4v) is 2.63. The van der Waals surface area contributed by atoms with Gasteiger partial charge in [0.25, 0.3) is 17.0 Å². The lowest BCUT2D eigenvalue weighted by molar-refractivity contribution is 0.0101. The van der Waals surface area contributed by atoms with Gasteiger partial charge in [0.15, 0.2) is 5.69 Å². The molecule has 0 unspecified atom stereocenters. The predicted molar refractivity (Wildman–Crippen MR) is 98.3 cm³/mol. The molecule has 0 radical (unpaired) electrons. The zero-order valence-corrected chi connectivity index (χ0v) is 15.6. The van der Waals surface area contributed by atoms with Crippen LogP contribution in [0.25, 0.3) is 0 Å². The van der Waals surface area contributed by atoms with Gasteiger partial charge in [0.2, 0.25) is 5.75 Å². The minimum absolute atomic E-state index is 0.0102. The number of halogens is 3. The van der Waals surface area contributed by atoms with E-state index in [0.717, 1.165) is 10.9 Å². The van der Waals surface area contributed by atoms with E-state index in [1.54, 1.807) is 0 Å². The lowest BCUT2D eigenvalue weighted by Gasteiger charge is -2.16. The maximum atomic E-state index is 14.0. The minimum atomic E-state index is -3.47. The van der Waals surface area contributed by atoms with Gasteiger partial charge in [0.05, 0.1) is 24.5 Å². The first-order valence-electron chi connectivity index (χ1n) is 8.09. The molecule has 3 aromatic rings. The van der Waals surface area contributed by atoms with E-state index in [4.69, 9.17) is 21.6 Å². The lowest BCUT2D eigenvalue weighted by Crippen LogP contribution is -2.29. The van der Waals surface area contributed by atoms with Crippen molar-refractivity contribution in [3.8, 4) is 17.6 Å². The monoisotopic (exact) mass is 419 g/mol. The molecule has 0 aliphatic carbocycles. The first kappa shape index (κ1) is 20.2. The quantitative estimate of drug-likeness (QED) is 0.680. The topological polar surface area (TPSA) is 114 Å². The van der Waals surface area contributed by atoms with E-state index in [2.05, 4.69) is 15.2 Å². The Morgan fingerprint density at radius 1 is 1.34 bits per heavy atom. The summed E-state index contributed by atoms with van der Waals surface area (Å²) in [6.45, 7) is 0.276. The molecule has 0 aliphatic rings. The second-order valence-corrected chi connectivity index (χ2v) is 6.42. The van der Waals surface area contributed by atoms with E-state index < -0.39 is 28.5 Å². The van der Waals surface area contributed by atoms with Gasteiger partial charge >= 0.3 is 0 Å². The largest absolute Gasteiger partial charge is 0.449 e. The molecule has 1 N–H and O–H groups in total. The van der Waals surface area contributed by atoms with E-state index in [0.29, 0.717) is 6.92 Å². The van der Waals surface area contributed by atoms with E-state index in [9.17, 15) is 18.4 Å². The molecule has 11 heteroatoms. The van der Waals surface area contributed by atoms with Crippen molar-refractivity contribution in [1.82, 2.24) is 19.7 Å². The summed E-state index contributed by atoms with van der Waals surface area (Å²) in [5.41, 5.74) is -2.12. The summed E-state index contributed by atoms with van der Waals surface area (Å²) in [6, 6.07) is 8.79. The molecule has 0 spiro atoms. The molecule has 8 nitrogen and oxygen atoms in total. The number of nitrogens with zero attached hydrogens (tertiary/aromatic N) is 4. The molecule has 29 heavy (non-hydrogen) atoms. The Kier molecular flexibility index (Phi) is 5.43. The number of nitriles is 1. The zero-order chi connectivity index (χ0) is 21.2. The minimum Gasteiger partial charge on any atom is -0.449 e. The molecule has 0 saturated carbocycles. The van der Waals surface area contributed by atoms with Crippen molar-refractivity contribution >= 4 is 11.6 Å². The number of nitrogens with one attached hydrogen (secondary N) is 1. The third kappa shape index (κ3) is 4.47. The van der Waals surface area contributed by atoms with Crippen LogP contribution in [0.15, 0.2) is 46.2 Å². The number of rotatable bonds is 5. The second-order valence-electron chi connectivity index (χ2n) is 6.03. The average molecular weight is 420 g/mol. The number of aromatic amines is 1. The summed E-state index contributed by atoms with van der Waals surface area (Å²) in [6.07, 6.45) is 0.890. The van der Waals surface area contributed by atoms with Crippen LogP contribution in [0.1, 0.15) is 23.7 Å². The predicted octanol–water partition coefficient (Wildman–Crippen LogP) is 2.80. The Bertz CT molecular complexity index is 1230. The molecule has 0 atom stereocenters. The summed E-state index contributed by atoms with van der Waals surface area (Å²) in [5.74, 6) is -4.18. The van der Waals surface area contributed by atoms with Gasteiger partial charge in [-0.3, -0.25) is 14.2 Å². The molecular formula is C18H12ClF2N5O3. The smallest absolute Gasteiger partial charge is 0.297 e. The third-order valence-corrected chi connectivity index (χ3v) is 3.98. The molecule has 0 bridgehead atoms. The van der Waals surface area contributed by atoms with Crippen molar-refractivity contribution in [2.45, 2.75) is 19.4 Å². The molecular weight excluding hydrogens is 408 g/mol. The average Bonchev–Trinajstić information content (AvgIpc) is 2.67. The van der Waals surface area contributed by atoms with Crippen LogP contribution in [-0.4, -0.2) is 19.7 Å². The molecule has 0 saturated heterocycles. The Balaban J connectivity index is 2.10. The van der Waals surface area contributed by atoms with Gasteiger partial charge in [0, 0.05) is 12.5 Å². The Morgan fingerprint density at radius 3 is 2.79 bits per heavy atom. The number of aromatic nitrogens is 4. The van der Waals surface area contributed by atoms with Gasteiger partial charge in [-0.25, -0.2) is 10.1 Å². The highest BCUT2D eigenvalue weighted by Crippen LogP contribution is 2.32. The Hall–Kier alpha value is -3.58. The number of hydrogen-bond acceptors (Lipinski definition) is 6. The first-order chi connectivity index (χ1) is 13.7. The molecule has 2 aromatic heterocycles. The van der Waals surface area contributed by atoms with E-state index in [1.807, 2.05) is 6.07 Å².